The van der Waals surface area contributed by atoms with Gasteiger partial charge in [0.15, 0.2) is 0 Å². The molecule has 0 aliphatic rings. The van der Waals surface area contributed by atoms with Crippen LogP contribution in [0.4, 0.5) is 5.69 Å². The summed E-state index contributed by atoms with van der Waals surface area (Å²) in [6.07, 6.45) is 3.54. The molecule has 1 atom stereocenters. The normalized spacial score (nSPS) is 12.1. The third-order valence-electron chi connectivity index (χ3n) is 3.37. The number of benzene rings is 1. The van der Waals surface area contributed by atoms with Gasteiger partial charge in [0.2, 0.25) is 0 Å². The van der Waals surface area contributed by atoms with E-state index in [9.17, 15) is 4.79 Å². The number of anilines is 1. The van der Waals surface area contributed by atoms with E-state index in [0.29, 0.717) is 11.6 Å². The van der Waals surface area contributed by atoms with E-state index in [1.54, 1.807) is 0 Å². The molecule has 0 bridgehead atoms. The maximum atomic E-state index is 11.4. The van der Waals surface area contributed by atoms with E-state index in [-0.39, 0.29) is 10.6 Å². The zero-order chi connectivity index (χ0) is 15.2. The summed E-state index contributed by atoms with van der Waals surface area (Å²) in [5.41, 5.74) is 1.49. The Hall–Kier alpha value is -1.33. The van der Waals surface area contributed by atoms with Crippen LogP contribution in [0.5, 0.6) is 0 Å². The lowest BCUT2D eigenvalue weighted by molar-refractivity contribution is 0.533. The van der Waals surface area contributed by atoms with Crippen molar-refractivity contribution in [1.82, 2.24) is 10.2 Å². The summed E-state index contributed by atoms with van der Waals surface area (Å²) in [5.74, 6) is 0.453. The molecule has 0 fully saturated rings. The zero-order valence-electron chi connectivity index (χ0n) is 11.7. The molecule has 1 heterocycles. The fraction of sp³-hybridized carbons (Fsp3) is 0.333. The minimum absolute atomic E-state index is 0.155. The Bertz CT molecular complexity index is 659. The molecule has 0 radical (unpaired) electrons. The van der Waals surface area contributed by atoms with Gasteiger partial charge >= 0.3 is 0 Å². The van der Waals surface area contributed by atoms with Gasteiger partial charge in [-0.15, -0.1) is 0 Å². The zero-order valence-corrected chi connectivity index (χ0v) is 14.0. The van der Waals surface area contributed by atoms with E-state index < -0.39 is 0 Å². The fourth-order valence-electron chi connectivity index (χ4n) is 2.12. The van der Waals surface area contributed by atoms with E-state index in [2.05, 4.69) is 50.5 Å². The van der Waals surface area contributed by atoms with Crippen LogP contribution in [-0.4, -0.2) is 16.7 Å². The molecule has 2 aromatic rings. The Morgan fingerprint density at radius 2 is 2.29 bits per heavy atom. The number of aromatic amines is 1. The monoisotopic (exact) mass is 369 g/mol. The van der Waals surface area contributed by atoms with Gasteiger partial charge in [-0.1, -0.05) is 53.0 Å². The average Bonchev–Trinajstić information content (AvgIpc) is 2.47. The summed E-state index contributed by atoms with van der Waals surface area (Å²) < 4.78 is 1.09. The molecule has 1 aromatic carbocycles. The molecule has 21 heavy (non-hydrogen) atoms. The SMILES string of the molecule is CCC(CNc1cn[nH]c(=O)c1Cl)Cc1cccc(Br)c1. The van der Waals surface area contributed by atoms with E-state index in [4.69, 9.17) is 11.6 Å². The number of hydrogen-bond donors (Lipinski definition) is 2. The van der Waals surface area contributed by atoms with Crippen molar-refractivity contribution in [1.29, 1.82) is 0 Å². The quantitative estimate of drug-likeness (QED) is 0.811. The summed E-state index contributed by atoms with van der Waals surface area (Å²) in [7, 11) is 0. The second-order valence-corrected chi connectivity index (χ2v) is 6.21. The minimum Gasteiger partial charge on any atom is -0.382 e. The molecule has 112 valence electrons. The van der Waals surface area contributed by atoms with E-state index in [1.807, 2.05) is 12.1 Å². The lowest BCUT2D eigenvalue weighted by atomic mass is 9.97. The number of nitrogens with one attached hydrogen (secondary N) is 2. The Kier molecular flexibility index (Phi) is 5.82. The van der Waals surface area contributed by atoms with Crippen LogP contribution >= 0.6 is 27.5 Å². The number of halogens is 2. The standard InChI is InChI=1S/C15H17BrClN3O/c1-2-10(6-11-4-3-5-12(16)7-11)8-18-13-9-19-20-15(21)14(13)17/h3-5,7,9-10H,2,6,8H2,1H3,(H2,18,20,21). The van der Waals surface area contributed by atoms with Crippen LogP contribution in [-0.2, 0) is 6.42 Å². The maximum Gasteiger partial charge on any atom is 0.285 e. The summed E-state index contributed by atoms with van der Waals surface area (Å²) in [6, 6.07) is 8.31. The Morgan fingerprint density at radius 1 is 1.48 bits per heavy atom. The van der Waals surface area contributed by atoms with E-state index in [0.717, 1.165) is 23.9 Å². The van der Waals surface area contributed by atoms with Crippen molar-refractivity contribution in [3.05, 3.63) is 55.9 Å². The second-order valence-electron chi connectivity index (χ2n) is 4.92. The molecule has 0 amide bonds. The molecule has 1 aromatic heterocycles. The van der Waals surface area contributed by atoms with Gasteiger partial charge in [-0.2, -0.15) is 5.10 Å². The van der Waals surface area contributed by atoms with Crippen LogP contribution < -0.4 is 10.9 Å². The van der Waals surface area contributed by atoms with Gasteiger partial charge in [-0.3, -0.25) is 4.79 Å². The first kappa shape index (κ1) is 16.0. The molecule has 0 aliphatic heterocycles. The topological polar surface area (TPSA) is 57.8 Å². The van der Waals surface area contributed by atoms with E-state index >= 15 is 0 Å². The predicted octanol–water partition coefficient (Wildman–Crippen LogP) is 3.87. The minimum atomic E-state index is -0.373. The summed E-state index contributed by atoms with van der Waals surface area (Å²) >= 11 is 9.44. The van der Waals surface area contributed by atoms with Gasteiger partial charge in [-0.05, 0) is 30.0 Å². The Balaban J connectivity index is 1.99. The maximum absolute atomic E-state index is 11.4. The van der Waals surface area contributed by atoms with Crippen LogP contribution in [0, 0.1) is 5.92 Å². The van der Waals surface area contributed by atoms with Crippen molar-refractivity contribution in [3.63, 3.8) is 0 Å². The molecule has 4 nitrogen and oxygen atoms in total. The average molecular weight is 371 g/mol. The first-order valence-corrected chi connectivity index (χ1v) is 7.98. The van der Waals surface area contributed by atoms with Gasteiger partial charge in [0.25, 0.3) is 5.56 Å². The lowest BCUT2D eigenvalue weighted by Gasteiger charge is -2.17. The molecule has 2 N–H and O–H groups in total. The molecule has 1 unspecified atom stereocenters. The molecule has 0 saturated carbocycles. The van der Waals surface area contributed by atoms with E-state index in [1.165, 1.54) is 11.8 Å². The molecule has 2 rings (SSSR count). The first-order valence-electron chi connectivity index (χ1n) is 6.81. The van der Waals surface area contributed by atoms with Crippen molar-refractivity contribution >= 4 is 33.2 Å². The molecular formula is C15H17BrClN3O. The molecule has 0 aliphatic carbocycles. The number of hydrogen-bond acceptors (Lipinski definition) is 3. The van der Waals surface area contributed by atoms with Crippen LogP contribution in [0.3, 0.4) is 0 Å². The van der Waals surface area contributed by atoms with Crippen molar-refractivity contribution in [2.24, 2.45) is 5.92 Å². The number of aromatic nitrogens is 2. The highest BCUT2D eigenvalue weighted by Gasteiger charge is 2.10. The molecular weight excluding hydrogens is 354 g/mol. The molecule has 0 spiro atoms. The third-order valence-corrected chi connectivity index (χ3v) is 4.24. The molecule has 0 saturated heterocycles. The Morgan fingerprint density at radius 3 is 3.00 bits per heavy atom. The number of H-pyrrole nitrogens is 1. The summed E-state index contributed by atoms with van der Waals surface area (Å²) in [6.45, 7) is 2.90. The van der Waals surface area contributed by atoms with Crippen molar-refractivity contribution in [2.45, 2.75) is 19.8 Å². The first-order chi connectivity index (χ1) is 10.1. The second kappa shape index (κ2) is 7.61. The van der Waals surface area contributed by atoms with Gasteiger partial charge in [0.05, 0.1) is 11.9 Å². The molecule has 6 heteroatoms. The predicted molar refractivity (Wildman–Crippen MR) is 90.0 cm³/mol. The van der Waals surface area contributed by atoms with Crippen LogP contribution in [0.15, 0.2) is 39.7 Å². The largest absolute Gasteiger partial charge is 0.382 e. The van der Waals surface area contributed by atoms with Crippen LogP contribution in [0.1, 0.15) is 18.9 Å². The van der Waals surface area contributed by atoms with Crippen molar-refractivity contribution in [3.8, 4) is 0 Å². The number of rotatable bonds is 6. The highest BCUT2D eigenvalue weighted by atomic mass is 79.9. The van der Waals surface area contributed by atoms with Gasteiger partial charge in [0, 0.05) is 11.0 Å². The summed E-state index contributed by atoms with van der Waals surface area (Å²) in [4.78, 5) is 11.4. The van der Waals surface area contributed by atoms with Gasteiger partial charge in [0.1, 0.15) is 5.02 Å². The van der Waals surface area contributed by atoms with Crippen molar-refractivity contribution in [2.75, 3.05) is 11.9 Å². The smallest absolute Gasteiger partial charge is 0.285 e. The third kappa shape index (κ3) is 4.58. The highest BCUT2D eigenvalue weighted by Crippen LogP contribution is 2.19. The van der Waals surface area contributed by atoms with Crippen LogP contribution in [0.25, 0.3) is 0 Å². The number of nitrogens with zero attached hydrogens (tertiary/aromatic N) is 1. The van der Waals surface area contributed by atoms with Crippen LogP contribution in [0.2, 0.25) is 5.02 Å². The van der Waals surface area contributed by atoms with Gasteiger partial charge < -0.3 is 5.32 Å². The van der Waals surface area contributed by atoms with Crippen molar-refractivity contribution < 1.29 is 0 Å². The Labute approximate surface area is 137 Å². The van der Waals surface area contributed by atoms with Gasteiger partial charge in [-0.25, -0.2) is 5.10 Å². The fourth-order valence-corrected chi connectivity index (χ4v) is 2.72. The highest BCUT2D eigenvalue weighted by molar-refractivity contribution is 9.10. The lowest BCUT2D eigenvalue weighted by Crippen LogP contribution is -2.18. The summed E-state index contributed by atoms with van der Waals surface area (Å²) in [5, 5.41) is 9.43.